The molecule has 8 heteroatoms. The Bertz CT molecular complexity index is 646. The van der Waals surface area contributed by atoms with Crippen LogP contribution in [0.2, 0.25) is 5.15 Å². The molecule has 0 aliphatic carbocycles. The maximum atomic E-state index is 13.6. The average molecular weight is 320 g/mol. The molecule has 1 aromatic heterocycles. The molecule has 0 amide bonds. The Balaban J connectivity index is 2.28. The molecule has 0 radical (unpaired) electrons. The first-order chi connectivity index (χ1) is 9.77. The zero-order chi connectivity index (χ0) is 15.6. The minimum Gasteiger partial charge on any atom is -0.363 e. The third kappa shape index (κ3) is 3.81. The molecule has 0 spiro atoms. The molecule has 0 saturated carbocycles. The molecule has 1 heterocycles. The first kappa shape index (κ1) is 15.5. The van der Waals surface area contributed by atoms with E-state index in [9.17, 15) is 17.6 Å². The maximum absolute atomic E-state index is 13.6. The van der Waals surface area contributed by atoms with Gasteiger partial charge in [-0.25, -0.2) is 14.4 Å². The smallest absolute Gasteiger partial charge is 0.363 e. The molecule has 1 aromatic carbocycles. The van der Waals surface area contributed by atoms with Gasteiger partial charge in [0.1, 0.15) is 16.8 Å². The Labute approximate surface area is 123 Å². The highest BCUT2D eigenvalue weighted by atomic mass is 35.5. The highest BCUT2D eigenvalue weighted by molar-refractivity contribution is 6.29. The summed E-state index contributed by atoms with van der Waals surface area (Å²) in [6.07, 6.45) is -4.71. The van der Waals surface area contributed by atoms with Gasteiger partial charge in [-0.05, 0) is 13.0 Å². The molecule has 1 N–H and O–H groups in total. The van der Waals surface area contributed by atoms with E-state index in [1.54, 1.807) is 13.0 Å². The van der Waals surface area contributed by atoms with Crippen LogP contribution in [0.1, 0.15) is 24.4 Å². The van der Waals surface area contributed by atoms with Gasteiger partial charge in [-0.3, -0.25) is 0 Å². The molecule has 0 saturated heterocycles. The minimum atomic E-state index is -4.71. The molecular weight excluding hydrogens is 310 g/mol. The predicted molar refractivity (Wildman–Crippen MR) is 70.5 cm³/mol. The van der Waals surface area contributed by atoms with E-state index in [2.05, 4.69) is 15.3 Å². The lowest BCUT2D eigenvalue weighted by Crippen LogP contribution is -2.15. The first-order valence-corrected chi connectivity index (χ1v) is 6.28. The summed E-state index contributed by atoms with van der Waals surface area (Å²) in [6, 6.07) is 6.51. The van der Waals surface area contributed by atoms with Crippen molar-refractivity contribution in [2.45, 2.75) is 19.1 Å². The van der Waals surface area contributed by atoms with Crippen molar-refractivity contribution in [1.29, 1.82) is 0 Å². The molecule has 112 valence electrons. The SMILES string of the molecule is CC(Nc1cc(Cl)nc(C(F)(F)F)n1)c1ccccc1F. The normalized spacial score (nSPS) is 13.0. The quantitative estimate of drug-likeness (QED) is 0.670. The van der Waals surface area contributed by atoms with Gasteiger partial charge >= 0.3 is 6.18 Å². The monoisotopic (exact) mass is 319 g/mol. The van der Waals surface area contributed by atoms with Gasteiger partial charge in [0, 0.05) is 11.6 Å². The van der Waals surface area contributed by atoms with Crippen molar-refractivity contribution in [3.63, 3.8) is 0 Å². The number of hydrogen-bond acceptors (Lipinski definition) is 3. The maximum Gasteiger partial charge on any atom is 0.451 e. The molecule has 2 aromatic rings. The minimum absolute atomic E-state index is 0.127. The lowest BCUT2D eigenvalue weighted by Gasteiger charge is -2.16. The summed E-state index contributed by atoms with van der Waals surface area (Å²) in [5.74, 6) is -1.94. The number of nitrogens with one attached hydrogen (secondary N) is 1. The molecular formula is C13H10ClF4N3. The summed E-state index contributed by atoms with van der Waals surface area (Å²) in [5.41, 5.74) is 0.306. The zero-order valence-electron chi connectivity index (χ0n) is 10.7. The Morgan fingerprint density at radius 1 is 1.19 bits per heavy atom. The summed E-state index contributed by atoms with van der Waals surface area (Å²) in [6.45, 7) is 1.60. The number of halogens is 5. The molecule has 2 rings (SSSR count). The summed E-state index contributed by atoms with van der Waals surface area (Å²) in [5, 5.41) is 2.33. The third-order valence-electron chi connectivity index (χ3n) is 2.68. The Morgan fingerprint density at radius 3 is 2.48 bits per heavy atom. The van der Waals surface area contributed by atoms with Crippen LogP contribution in [0.25, 0.3) is 0 Å². The van der Waals surface area contributed by atoms with E-state index in [4.69, 9.17) is 11.6 Å². The van der Waals surface area contributed by atoms with Crippen molar-refractivity contribution < 1.29 is 17.6 Å². The van der Waals surface area contributed by atoms with Gasteiger partial charge in [0.25, 0.3) is 0 Å². The fourth-order valence-electron chi connectivity index (χ4n) is 1.74. The molecule has 1 unspecified atom stereocenters. The highest BCUT2D eigenvalue weighted by Gasteiger charge is 2.35. The third-order valence-corrected chi connectivity index (χ3v) is 2.88. The van der Waals surface area contributed by atoms with Gasteiger partial charge in [-0.2, -0.15) is 13.2 Å². The van der Waals surface area contributed by atoms with Crippen molar-refractivity contribution in [1.82, 2.24) is 9.97 Å². The van der Waals surface area contributed by atoms with Crippen molar-refractivity contribution >= 4 is 17.4 Å². The molecule has 0 aliphatic heterocycles. The highest BCUT2D eigenvalue weighted by Crippen LogP contribution is 2.29. The van der Waals surface area contributed by atoms with Gasteiger partial charge in [-0.1, -0.05) is 29.8 Å². The fraction of sp³-hybridized carbons (Fsp3) is 0.231. The van der Waals surface area contributed by atoms with Crippen molar-refractivity contribution in [2.24, 2.45) is 0 Å². The number of nitrogens with zero attached hydrogens (tertiary/aromatic N) is 2. The van der Waals surface area contributed by atoms with Crippen LogP contribution in [0.4, 0.5) is 23.4 Å². The van der Waals surface area contributed by atoms with Crippen molar-refractivity contribution in [3.8, 4) is 0 Å². The second kappa shape index (κ2) is 5.85. The van der Waals surface area contributed by atoms with Crippen LogP contribution < -0.4 is 5.32 Å². The summed E-state index contributed by atoms with van der Waals surface area (Å²) >= 11 is 5.55. The lowest BCUT2D eigenvalue weighted by atomic mass is 10.1. The standard InChI is InChI=1S/C13H10ClF4N3/c1-7(8-4-2-3-5-9(8)15)19-11-6-10(14)20-12(21-11)13(16,17)18/h2-7H,1H3,(H,19,20,21). The summed E-state index contributed by atoms with van der Waals surface area (Å²) < 4.78 is 51.4. The molecule has 1 atom stereocenters. The molecule has 0 bridgehead atoms. The van der Waals surface area contributed by atoms with E-state index in [0.29, 0.717) is 5.56 Å². The molecule has 3 nitrogen and oxygen atoms in total. The lowest BCUT2D eigenvalue weighted by molar-refractivity contribution is -0.144. The number of anilines is 1. The van der Waals surface area contributed by atoms with Crippen LogP contribution in [0.5, 0.6) is 0 Å². The van der Waals surface area contributed by atoms with Gasteiger partial charge in [0.2, 0.25) is 5.82 Å². The second-order valence-corrected chi connectivity index (χ2v) is 4.67. The Morgan fingerprint density at radius 2 is 1.86 bits per heavy atom. The number of rotatable bonds is 3. The van der Waals surface area contributed by atoms with Crippen LogP contribution >= 0.6 is 11.6 Å². The second-order valence-electron chi connectivity index (χ2n) is 4.28. The molecule has 0 fully saturated rings. The summed E-state index contributed by atoms with van der Waals surface area (Å²) in [7, 11) is 0. The van der Waals surface area contributed by atoms with E-state index in [1.165, 1.54) is 18.2 Å². The van der Waals surface area contributed by atoms with Gasteiger partial charge in [0.05, 0.1) is 6.04 Å². The van der Waals surface area contributed by atoms with E-state index in [0.717, 1.165) is 6.07 Å². The topological polar surface area (TPSA) is 37.8 Å². The number of alkyl halides is 3. The van der Waals surface area contributed by atoms with E-state index >= 15 is 0 Å². The largest absolute Gasteiger partial charge is 0.451 e. The van der Waals surface area contributed by atoms with Crippen LogP contribution in [0.15, 0.2) is 30.3 Å². The summed E-state index contributed by atoms with van der Waals surface area (Å²) in [4.78, 5) is 6.46. The van der Waals surface area contributed by atoms with Gasteiger partial charge < -0.3 is 5.32 Å². The zero-order valence-corrected chi connectivity index (χ0v) is 11.5. The molecule has 21 heavy (non-hydrogen) atoms. The predicted octanol–water partition coefficient (Wildman–Crippen LogP) is 4.46. The van der Waals surface area contributed by atoms with Gasteiger partial charge in [0.15, 0.2) is 0 Å². The van der Waals surface area contributed by atoms with Crippen LogP contribution in [0, 0.1) is 5.82 Å². The number of hydrogen-bond donors (Lipinski definition) is 1. The van der Waals surface area contributed by atoms with Crippen molar-refractivity contribution in [2.75, 3.05) is 5.32 Å². The number of aromatic nitrogens is 2. The Kier molecular flexibility index (Phi) is 4.32. The fourth-order valence-corrected chi connectivity index (χ4v) is 1.93. The van der Waals surface area contributed by atoms with E-state index in [1.807, 2.05) is 0 Å². The van der Waals surface area contributed by atoms with Gasteiger partial charge in [-0.15, -0.1) is 0 Å². The van der Waals surface area contributed by atoms with Crippen LogP contribution in [0.3, 0.4) is 0 Å². The Hall–Kier alpha value is -1.89. The first-order valence-electron chi connectivity index (χ1n) is 5.90. The number of benzene rings is 1. The average Bonchev–Trinajstić information content (AvgIpc) is 2.37. The van der Waals surface area contributed by atoms with Crippen LogP contribution in [-0.4, -0.2) is 9.97 Å². The van der Waals surface area contributed by atoms with E-state index in [-0.39, 0.29) is 11.0 Å². The molecule has 0 aliphatic rings. The van der Waals surface area contributed by atoms with Crippen LogP contribution in [-0.2, 0) is 6.18 Å². The van der Waals surface area contributed by atoms with Crippen molar-refractivity contribution in [3.05, 3.63) is 52.7 Å². The van der Waals surface area contributed by atoms with E-state index < -0.39 is 23.9 Å².